The third-order valence-corrected chi connectivity index (χ3v) is 1.60. The van der Waals surface area contributed by atoms with Crippen molar-refractivity contribution in [1.29, 1.82) is 0 Å². The van der Waals surface area contributed by atoms with Crippen molar-refractivity contribution in [2.45, 2.75) is 33.1 Å². The summed E-state index contributed by atoms with van der Waals surface area (Å²) in [5.41, 5.74) is 1.45. The van der Waals surface area contributed by atoms with E-state index in [0.717, 1.165) is 19.3 Å². The van der Waals surface area contributed by atoms with Crippen LogP contribution in [0.5, 0.6) is 0 Å². The predicted molar refractivity (Wildman–Crippen MR) is 52.6 cm³/mol. The Morgan fingerprint density at radius 2 is 2.00 bits per heavy atom. The van der Waals surface area contributed by atoms with Crippen LogP contribution < -0.4 is 0 Å². The molecule has 11 heavy (non-hydrogen) atoms. The Bertz CT molecular complexity index is 149. The van der Waals surface area contributed by atoms with Crippen molar-refractivity contribution in [3.05, 3.63) is 36.5 Å². The van der Waals surface area contributed by atoms with E-state index in [0.29, 0.717) is 0 Å². The molecular weight excluding hydrogens is 132 g/mol. The van der Waals surface area contributed by atoms with Crippen molar-refractivity contribution in [3.63, 3.8) is 0 Å². The van der Waals surface area contributed by atoms with Crippen molar-refractivity contribution in [1.82, 2.24) is 0 Å². The maximum atomic E-state index is 3.71. The molecule has 0 heteroatoms. The van der Waals surface area contributed by atoms with Crippen molar-refractivity contribution in [2.24, 2.45) is 0 Å². The smallest absolute Gasteiger partial charge is 0.0136 e. The highest BCUT2D eigenvalue weighted by molar-refractivity contribution is 5.09. The monoisotopic (exact) mass is 150 g/mol. The van der Waals surface area contributed by atoms with Gasteiger partial charge in [-0.25, -0.2) is 0 Å². The standard InChI is InChI=1S/C11H18/c1-4-7-8-10-11(6-3)9-5-2/h5-8H,2,4,9-10H2,1,3H3. The van der Waals surface area contributed by atoms with Crippen molar-refractivity contribution in [3.8, 4) is 0 Å². The normalized spacial score (nSPS) is 12.4. The minimum absolute atomic E-state index is 1.02. The number of hydrogen-bond donors (Lipinski definition) is 0. The third kappa shape index (κ3) is 5.65. The number of rotatable bonds is 5. The zero-order valence-electron chi connectivity index (χ0n) is 7.64. The van der Waals surface area contributed by atoms with Gasteiger partial charge in [-0.3, -0.25) is 0 Å². The molecule has 0 aliphatic heterocycles. The predicted octanol–water partition coefficient (Wildman–Crippen LogP) is 3.87. The van der Waals surface area contributed by atoms with E-state index in [-0.39, 0.29) is 0 Å². The van der Waals surface area contributed by atoms with Gasteiger partial charge >= 0.3 is 0 Å². The van der Waals surface area contributed by atoms with E-state index >= 15 is 0 Å². The van der Waals surface area contributed by atoms with Gasteiger partial charge in [0, 0.05) is 0 Å². The van der Waals surface area contributed by atoms with Crippen LogP contribution in [0.3, 0.4) is 0 Å². The van der Waals surface area contributed by atoms with Crippen LogP contribution in [0.1, 0.15) is 33.1 Å². The van der Waals surface area contributed by atoms with Gasteiger partial charge in [-0.15, -0.1) is 6.58 Å². The van der Waals surface area contributed by atoms with E-state index in [4.69, 9.17) is 0 Å². The molecule has 0 aliphatic rings. The maximum Gasteiger partial charge on any atom is -0.0136 e. The fourth-order valence-corrected chi connectivity index (χ4v) is 0.906. The van der Waals surface area contributed by atoms with Gasteiger partial charge in [0.2, 0.25) is 0 Å². The highest BCUT2D eigenvalue weighted by Gasteiger charge is 1.87. The van der Waals surface area contributed by atoms with Crippen molar-refractivity contribution in [2.75, 3.05) is 0 Å². The molecule has 0 rings (SSSR count). The van der Waals surface area contributed by atoms with Crippen LogP contribution in [0.2, 0.25) is 0 Å². The summed E-state index contributed by atoms with van der Waals surface area (Å²) in [6.07, 6.45) is 11.8. The van der Waals surface area contributed by atoms with Gasteiger partial charge in [-0.05, 0) is 26.2 Å². The van der Waals surface area contributed by atoms with Gasteiger partial charge in [0.05, 0.1) is 0 Å². The molecule has 0 aromatic carbocycles. The molecule has 0 nitrogen and oxygen atoms in total. The fraction of sp³-hybridized carbons (Fsp3) is 0.455. The van der Waals surface area contributed by atoms with E-state index in [9.17, 15) is 0 Å². The first kappa shape index (κ1) is 10.2. The van der Waals surface area contributed by atoms with Crippen LogP contribution in [0.25, 0.3) is 0 Å². The molecule has 0 heterocycles. The topological polar surface area (TPSA) is 0 Å². The van der Waals surface area contributed by atoms with E-state index in [1.54, 1.807) is 0 Å². The van der Waals surface area contributed by atoms with Crippen LogP contribution in [-0.4, -0.2) is 0 Å². The molecule has 0 amide bonds. The molecule has 0 spiro atoms. The van der Waals surface area contributed by atoms with E-state index in [2.05, 4.69) is 38.7 Å². The lowest BCUT2D eigenvalue weighted by atomic mass is 10.1. The van der Waals surface area contributed by atoms with Crippen LogP contribution in [0.15, 0.2) is 36.5 Å². The van der Waals surface area contributed by atoms with E-state index in [1.807, 2.05) is 6.08 Å². The summed E-state index contributed by atoms with van der Waals surface area (Å²) in [6, 6.07) is 0. The fourth-order valence-electron chi connectivity index (χ4n) is 0.906. The molecule has 0 fully saturated rings. The minimum Gasteiger partial charge on any atom is -0.103 e. The first-order chi connectivity index (χ1) is 5.35. The van der Waals surface area contributed by atoms with Crippen LogP contribution in [0, 0.1) is 0 Å². The second-order valence-corrected chi connectivity index (χ2v) is 2.52. The van der Waals surface area contributed by atoms with Crippen molar-refractivity contribution >= 4 is 0 Å². The Kier molecular flexibility index (Phi) is 6.81. The molecular formula is C11H18. The van der Waals surface area contributed by atoms with Gasteiger partial charge in [0.1, 0.15) is 0 Å². The lowest BCUT2D eigenvalue weighted by Gasteiger charge is -1.97. The highest BCUT2D eigenvalue weighted by Crippen LogP contribution is 2.07. The summed E-state index contributed by atoms with van der Waals surface area (Å²) >= 11 is 0. The van der Waals surface area contributed by atoms with Crippen molar-refractivity contribution < 1.29 is 0 Å². The average molecular weight is 150 g/mol. The molecule has 0 aliphatic carbocycles. The summed E-state index contributed by atoms with van der Waals surface area (Å²) in [5, 5.41) is 0. The summed E-state index contributed by atoms with van der Waals surface area (Å²) in [4.78, 5) is 0. The first-order valence-electron chi connectivity index (χ1n) is 4.25. The molecule has 0 saturated heterocycles. The maximum absolute atomic E-state index is 3.71. The Morgan fingerprint density at radius 3 is 2.45 bits per heavy atom. The highest BCUT2D eigenvalue weighted by atomic mass is 13.9. The Balaban J connectivity index is 3.70. The summed E-state index contributed by atoms with van der Waals surface area (Å²) in [6.45, 7) is 7.95. The molecule has 0 saturated carbocycles. The molecule has 0 aromatic rings. The van der Waals surface area contributed by atoms with Crippen LogP contribution in [0.4, 0.5) is 0 Å². The molecule has 0 aromatic heterocycles. The number of allylic oxidation sites excluding steroid dienone is 5. The van der Waals surface area contributed by atoms with Gasteiger partial charge in [0.15, 0.2) is 0 Å². The minimum atomic E-state index is 1.02. The SMILES string of the molecule is C=CCC(=CC)CC=CCC. The average Bonchev–Trinajstić information content (AvgIpc) is 2.03. The molecule has 0 radical (unpaired) electrons. The largest absolute Gasteiger partial charge is 0.103 e. The molecule has 0 N–H and O–H groups in total. The first-order valence-corrected chi connectivity index (χ1v) is 4.25. The second-order valence-electron chi connectivity index (χ2n) is 2.52. The zero-order chi connectivity index (χ0) is 8.53. The molecule has 0 bridgehead atoms. The Hall–Kier alpha value is -0.780. The molecule has 62 valence electrons. The van der Waals surface area contributed by atoms with E-state index in [1.165, 1.54) is 5.57 Å². The third-order valence-electron chi connectivity index (χ3n) is 1.60. The summed E-state index contributed by atoms with van der Waals surface area (Å²) < 4.78 is 0. The molecule has 0 unspecified atom stereocenters. The van der Waals surface area contributed by atoms with Gasteiger partial charge in [-0.1, -0.05) is 36.8 Å². The van der Waals surface area contributed by atoms with Crippen LogP contribution in [-0.2, 0) is 0 Å². The second kappa shape index (κ2) is 7.33. The Morgan fingerprint density at radius 1 is 1.27 bits per heavy atom. The van der Waals surface area contributed by atoms with Crippen LogP contribution >= 0.6 is 0 Å². The Labute approximate surface area is 70.3 Å². The quantitative estimate of drug-likeness (QED) is 0.522. The zero-order valence-corrected chi connectivity index (χ0v) is 7.64. The van der Waals surface area contributed by atoms with E-state index < -0.39 is 0 Å². The summed E-state index contributed by atoms with van der Waals surface area (Å²) in [7, 11) is 0. The van der Waals surface area contributed by atoms with Gasteiger partial charge in [0.25, 0.3) is 0 Å². The van der Waals surface area contributed by atoms with Gasteiger partial charge in [-0.2, -0.15) is 0 Å². The molecule has 0 atom stereocenters. The number of hydrogen-bond acceptors (Lipinski definition) is 0. The summed E-state index contributed by atoms with van der Waals surface area (Å²) in [5.74, 6) is 0. The lowest BCUT2D eigenvalue weighted by molar-refractivity contribution is 1.09. The lowest BCUT2D eigenvalue weighted by Crippen LogP contribution is -1.77. The van der Waals surface area contributed by atoms with Gasteiger partial charge < -0.3 is 0 Å².